The molecule has 5 heteroatoms. The van der Waals surface area contributed by atoms with Crippen LogP contribution in [0.3, 0.4) is 0 Å². The Morgan fingerprint density at radius 2 is 1.39 bits per heavy atom. The molecular formula is C26H31N5. The standard InChI is InChI=1S/C26H31N5/c1-6-12-29(13-7-1)14-15-30-16-18-31(19-17-30)26-21-9-3-5-11-23(21)27-24-20-8-2-4-10-22(20)28-25(24)26/h2-5,8-11,28H,1,6-7,12-19H2. The number of piperazine rings is 1. The van der Waals surface area contributed by atoms with E-state index in [0.29, 0.717) is 0 Å². The average Bonchev–Trinajstić information content (AvgIpc) is 3.20. The Hall–Kier alpha value is -2.63. The van der Waals surface area contributed by atoms with Crippen LogP contribution in [0, 0.1) is 0 Å². The van der Waals surface area contributed by atoms with Gasteiger partial charge in [-0.1, -0.05) is 42.8 Å². The van der Waals surface area contributed by atoms with Crippen LogP contribution in [0.25, 0.3) is 32.8 Å². The minimum Gasteiger partial charge on any atom is -0.367 e. The summed E-state index contributed by atoms with van der Waals surface area (Å²) in [6.45, 7) is 9.41. The number of likely N-dealkylation sites (tertiary alicyclic amines) is 1. The number of fused-ring (bicyclic) bond motifs is 4. The van der Waals surface area contributed by atoms with E-state index in [9.17, 15) is 0 Å². The Morgan fingerprint density at radius 3 is 2.19 bits per heavy atom. The van der Waals surface area contributed by atoms with Crippen LogP contribution in [0.1, 0.15) is 19.3 Å². The van der Waals surface area contributed by atoms with Gasteiger partial charge in [-0.15, -0.1) is 0 Å². The van der Waals surface area contributed by atoms with Crippen LogP contribution in [-0.2, 0) is 0 Å². The Morgan fingerprint density at radius 1 is 0.710 bits per heavy atom. The quantitative estimate of drug-likeness (QED) is 0.535. The average molecular weight is 414 g/mol. The number of piperidine rings is 1. The highest BCUT2D eigenvalue weighted by Gasteiger charge is 2.23. The molecule has 2 fully saturated rings. The number of anilines is 1. The van der Waals surface area contributed by atoms with Gasteiger partial charge in [0.05, 0.1) is 22.2 Å². The van der Waals surface area contributed by atoms with Crippen LogP contribution >= 0.6 is 0 Å². The molecule has 2 aliphatic heterocycles. The zero-order chi connectivity index (χ0) is 20.6. The molecule has 0 atom stereocenters. The second-order valence-corrected chi connectivity index (χ2v) is 9.10. The number of para-hydroxylation sites is 2. The van der Waals surface area contributed by atoms with Crippen LogP contribution in [0.4, 0.5) is 5.69 Å². The number of nitrogens with zero attached hydrogens (tertiary/aromatic N) is 4. The van der Waals surface area contributed by atoms with Gasteiger partial charge in [0.25, 0.3) is 0 Å². The first-order chi connectivity index (χ1) is 15.4. The fourth-order valence-electron chi connectivity index (χ4n) is 5.43. The van der Waals surface area contributed by atoms with Crippen molar-refractivity contribution in [2.45, 2.75) is 19.3 Å². The van der Waals surface area contributed by atoms with Gasteiger partial charge in [-0.2, -0.15) is 0 Å². The lowest BCUT2D eigenvalue weighted by atomic mass is 10.1. The van der Waals surface area contributed by atoms with Gasteiger partial charge >= 0.3 is 0 Å². The number of nitrogens with one attached hydrogen (secondary N) is 1. The SMILES string of the molecule is c1ccc2c(N3CCN(CCN4CCCCC4)CC3)c3[nH]c4ccccc4c3nc2c1. The Kier molecular flexibility index (Phi) is 5.01. The van der Waals surface area contributed by atoms with Crippen LogP contribution in [-0.4, -0.2) is 72.1 Å². The minimum absolute atomic E-state index is 1.07. The van der Waals surface area contributed by atoms with Crippen molar-refractivity contribution in [3.8, 4) is 0 Å². The van der Waals surface area contributed by atoms with Crippen molar-refractivity contribution in [1.29, 1.82) is 0 Å². The van der Waals surface area contributed by atoms with Gasteiger partial charge < -0.3 is 14.8 Å². The molecule has 4 heterocycles. The summed E-state index contributed by atoms with van der Waals surface area (Å²) < 4.78 is 0. The fraction of sp³-hybridized carbons (Fsp3) is 0.423. The normalized spacial score (nSPS) is 19.0. The molecule has 0 saturated carbocycles. The molecule has 31 heavy (non-hydrogen) atoms. The molecule has 2 saturated heterocycles. The van der Waals surface area contributed by atoms with Crippen molar-refractivity contribution in [1.82, 2.24) is 19.8 Å². The highest BCUT2D eigenvalue weighted by molar-refractivity contribution is 6.15. The molecule has 2 aromatic carbocycles. The summed E-state index contributed by atoms with van der Waals surface area (Å²) in [7, 11) is 0. The molecule has 2 aromatic heterocycles. The molecule has 5 nitrogen and oxygen atoms in total. The van der Waals surface area contributed by atoms with Gasteiger partial charge in [0.15, 0.2) is 0 Å². The van der Waals surface area contributed by atoms with Gasteiger partial charge in [0.2, 0.25) is 0 Å². The van der Waals surface area contributed by atoms with E-state index in [1.807, 2.05) is 0 Å². The Bertz CT molecular complexity index is 1200. The van der Waals surface area contributed by atoms with Crippen molar-refractivity contribution in [2.24, 2.45) is 0 Å². The van der Waals surface area contributed by atoms with E-state index >= 15 is 0 Å². The van der Waals surface area contributed by atoms with E-state index < -0.39 is 0 Å². The van der Waals surface area contributed by atoms with Crippen molar-refractivity contribution in [3.63, 3.8) is 0 Å². The van der Waals surface area contributed by atoms with E-state index in [1.165, 1.54) is 72.9 Å². The third-order valence-corrected chi connectivity index (χ3v) is 7.18. The third kappa shape index (κ3) is 3.56. The predicted octanol–water partition coefficient (Wildman–Crippen LogP) is 4.48. The van der Waals surface area contributed by atoms with Crippen molar-refractivity contribution in [3.05, 3.63) is 48.5 Å². The van der Waals surface area contributed by atoms with E-state index in [0.717, 1.165) is 37.2 Å². The second kappa shape index (κ2) is 8.13. The van der Waals surface area contributed by atoms with Gasteiger partial charge in [0.1, 0.15) is 0 Å². The van der Waals surface area contributed by atoms with Crippen molar-refractivity contribution in [2.75, 3.05) is 57.3 Å². The summed E-state index contributed by atoms with van der Waals surface area (Å²) in [5, 5.41) is 2.47. The molecule has 6 rings (SSSR count). The van der Waals surface area contributed by atoms with Gasteiger partial charge in [-0.3, -0.25) is 4.90 Å². The lowest BCUT2D eigenvalue weighted by Gasteiger charge is -2.38. The van der Waals surface area contributed by atoms with Crippen molar-refractivity contribution >= 4 is 38.5 Å². The number of aromatic amines is 1. The molecule has 0 radical (unpaired) electrons. The fourth-order valence-corrected chi connectivity index (χ4v) is 5.43. The Balaban J connectivity index is 1.29. The largest absolute Gasteiger partial charge is 0.367 e. The minimum atomic E-state index is 1.07. The van der Waals surface area contributed by atoms with Gasteiger partial charge in [0, 0.05) is 55.6 Å². The molecular weight excluding hydrogens is 382 g/mol. The topological polar surface area (TPSA) is 38.4 Å². The summed E-state index contributed by atoms with van der Waals surface area (Å²) in [6.07, 6.45) is 4.17. The molecule has 0 amide bonds. The lowest BCUT2D eigenvalue weighted by molar-refractivity contribution is 0.177. The maximum Gasteiger partial charge on any atom is 0.0986 e. The number of aromatic nitrogens is 2. The molecule has 2 aliphatic rings. The zero-order valence-corrected chi connectivity index (χ0v) is 18.2. The first kappa shape index (κ1) is 19.1. The number of H-pyrrole nitrogens is 1. The molecule has 0 spiro atoms. The number of rotatable bonds is 4. The molecule has 4 aromatic rings. The monoisotopic (exact) mass is 413 g/mol. The molecule has 0 bridgehead atoms. The van der Waals surface area contributed by atoms with Crippen LogP contribution in [0.15, 0.2) is 48.5 Å². The molecule has 0 aliphatic carbocycles. The highest BCUT2D eigenvalue weighted by Crippen LogP contribution is 2.37. The summed E-state index contributed by atoms with van der Waals surface area (Å²) in [4.78, 5) is 16.6. The first-order valence-electron chi connectivity index (χ1n) is 11.9. The molecule has 160 valence electrons. The van der Waals surface area contributed by atoms with Gasteiger partial charge in [-0.05, 0) is 38.1 Å². The summed E-state index contributed by atoms with van der Waals surface area (Å²) >= 11 is 0. The summed E-state index contributed by atoms with van der Waals surface area (Å²) in [5.74, 6) is 0. The first-order valence-corrected chi connectivity index (χ1v) is 11.9. The van der Waals surface area contributed by atoms with E-state index in [-0.39, 0.29) is 0 Å². The maximum atomic E-state index is 5.04. The smallest absolute Gasteiger partial charge is 0.0986 e. The van der Waals surface area contributed by atoms with Crippen LogP contribution in [0.2, 0.25) is 0 Å². The zero-order valence-electron chi connectivity index (χ0n) is 18.2. The lowest BCUT2D eigenvalue weighted by Crippen LogP contribution is -2.49. The van der Waals surface area contributed by atoms with Crippen molar-refractivity contribution < 1.29 is 0 Å². The Labute approximate surface area is 183 Å². The number of hydrogen-bond acceptors (Lipinski definition) is 4. The maximum absolute atomic E-state index is 5.04. The second-order valence-electron chi connectivity index (χ2n) is 9.10. The number of benzene rings is 2. The third-order valence-electron chi connectivity index (χ3n) is 7.18. The van der Waals surface area contributed by atoms with Crippen LogP contribution in [0.5, 0.6) is 0 Å². The summed E-state index contributed by atoms with van der Waals surface area (Å²) in [5.41, 5.74) is 5.86. The highest BCUT2D eigenvalue weighted by atomic mass is 15.3. The number of hydrogen-bond donors (Lipinski definition) is 1. The molecule has 0 unspecified atom stereocenters. The number of pyridine rings is 1. The van der Waals surface area contributed by atoms with Crippen LogP contribution < -0.4 is 4.90 Å². The predicted molar refractivity (Wildman–Crippen MR) is 130 cm³/mol. The van der Waals surface area contributed by atoms with Gasteiger partial charge in [-0.25, -0.2) is 4.98 Å². The summed E-state index contributed by atoms with van der Waals surface area (Å²) in [6, 6.07) is 17.1. The van der Waals surface area contributed by atoms with E-state index in [1.54, 1.807) is 0 Å². The van der Waals surface area contributed by atoms with E-state index in [2.05, 4.69) is 68.2 Å². The molecule has 1 N–H and O–H groups in total. The van der Waals surface area contributed by atoms with E-state index in [4.69, 9.17) is 4.98 Å².